The van der Waals surface area contributed by atoms with Crippen molar-refractivity contribution in [3.05, 3.63) is 29.8 Å². The molecule has 0 atom stereocenters. The van der Waals surface area contributed by atoms with Crippen molar-refractivity contribution in [2.24, 2.45) is 11.8 Å². The molecule has 1 aromatic carbocycles. The van der Waals surface area contributed by atoms with Gasteiger partial charge in [0.25, 0.3) is 5.91 Å². The number of nitrogens with one attached hydrogen (secondary N) is 2. The largest absolute Gasteiger partial charge is 0.352 e. The van der Waals surface area contributed by atoms with E-state index in [0.29, 0.717) is 24.6 Å². The van der Waals surface area contributed by atoms with E-state index in [2.05, 4.69) is 23.9 Å². The summed E-state index contributed by atoms with van der Waals surface area (Å²) < 4.78 is 26.6. The molecule has 2 N–H and O–H groups in total. The molecule has 5 nitrogen and oxygen atoms in total. The Balaban J connectivity index is 2.68. The van der Waals surface area contributed by atoms with Gasteiger partial charge in [0.2, 0.25) is 10.0 Å². The van der Waals surface area contributed by atoms with Gasteiger partial charge in [0.15, 0.2) is 0 Å². The highest BCUT2D eigenvalue weighted by Gasteiger charge is 2.15. The number of benzene rings is 1. The number of sulfonamides is 1. The van der Waals surface area contributed by atoms with Crippen LogP contribution in [0.5, 0.6) is 0 Å². The summed E-state index contributed by atoms with van der Waals surface area (Å²) >= 11 is 0. The molecule has 0 saturated carbocycles. The van der Waals surface area contributed by atoms with Gasteiger partial charge in [0.1, 0.15) is 0 Å². The van der Waals surface area contributed by atoms with Crippen molar-refractivity contribution in [3.8, 4) is 0 Å². The standard InChI is InChI=1S/C16H26N2O3S/c1-12(2)9-10-17-16(19)14-5-7-15(8-6-14)22(20,21)18-11-13(3)4/h5-8,12-13,18H,9-11H2,1-4H3,(H,17,19). The van der Waals surface area contributed by atoms with Gasteiger partial charge >= 0.3 is 0 Å². The first-order chi connectivity index (χ1) is 10.2. The van der Waals surface area contributed by atoms with E-state index in [1.165, 1.54) is 24.3 Å². The molecule has 22 heavy (non-hydrogen) atoms. The van der Waals surface area contributed by atoms with Crippen LogP contribution in [-0.4, -0.2) is 27.4 Å². The lowest BCUT2D eigenvalue weighted by Crippen LogP contribution is -2.28. The highest BCUT2D eigenvalue weighted by atomic mass is 32.2. The van der Waals surface area contributed by atoms with Crippen LogP contribution in [0.3, 0.4) is 0 Å². The summed E-state index contributed by atoms with van der Waals surface area (Å²) in [5.74, 6) is 0.584. The average molecular weight is 326 g/mol. The SMILES string of the molecule is CC(C)CCNC(=O)c1ccc(S(=O)(=O)NCC(C)C)cc1. The number of hydrogen-bond donors (Lipinski definition) is 2. The number of amides is 1. The Morgan fingerprint density at radius 1 is 1.05 bits per heavy atom. The van der Waals surface area contributed by atoms with Gasteiger partial charge in [0, 0.05) is 18.7 Å². The number of hydrogen-bond acceptors (Lipinski definition) is 3. The van der Waals surface area contributed by atoms with Crippen LogP contribution in [0.4, 0.5) is 0 Å². The minimum absolute atomic E-state index is 0.173. The van der Waals surface area contributed by atoms with Crippen molar-refractivity contribution in [1.29, 1.82) is 0 Å². The Labute approximate surface area is 133 Å². The Bertz CT molecular complexity index is 578. The molecule has 0 fully saturated rings. The fourth-order valence-electron chi connectivity index (χ4n) is 1.72. The summed E-state index contributed by atoms with van der Waals surface area (Å²) in [5.41, 5.74) is 0.464. The fourth-order valence-corrected chi connectivity index (χ4v) is 2.94. The van der Waals surface area contributed by atoms with E-state index in [4.69, 9.17) is 0 Å². The maximum atomic E-state index is 12.1. The van der Waals surface area contributed by atoms with Crippen molar-refractivity contribution in [2.75, 3.05) is 13.1 Å². The summed E-state index contributed by atoms with van der Waals surface area (Å²) in [4.78, 5) is 12.1. The summed E-state index contributed by atoms with van der Waals surface area (Å²) in [6.45, 7) is 9.07. The van der Waals surface area contributed by atoms with Crippen LogP contribution in [0.1, 0.15) is 44.5 Å². The number of carbonyl (C=O) groups excluding carboxylic acids is 1. The molecule has 1 amide bonds. The van der Waals surface area contributed by atoms with Crippen LogP contribution < -0.4 is 10.0 Å². The van der Waals surface area contributed by atoms with Crippen LogP contribution in [0.2, 0.25) is 0 Å². The maximum Gasteiger partial charge on any atom is 0.251 e. The van der Waals surface area contributed by atoms with Crippen molar-refractivity contribution >= 4 is 15.9 Å². The van der Waals surface area contributed by atoms with Crippen molar-refractivity contribution in [2.45, 2.75) is 39.0 Å². The molecule has 0 aliphatic rings. The summed E-state index contributed by atoms with van der Waals surface area (Å²) in [6, 6.07) is 5.99. The van der Waals surface area contributed by atoms with Gasteiger partial charge in [-0.15, -0.1) is 0 Å². The van der Waals surface area contributed by atoms with Crippen LogP contribution in [-0.2, 0) is 10.0 Å². The Hall–Kier alpha value is -1.40. The minimum Gasteiger partial charge on any atom is -0.352 e. The molecular formula is C16H26N2O3S. The Morgan fingerprint density at radius 3 is 2.14 bits per heavy atom. The van der Waals surface area contributed by atoms with Gasteiger partial charge < -0.3 is 5.32 Å². The molecule has 124 valence electrons. The predicted octanol–water partition coefficient (Wildman–Crippen LogP) is 2.40. The second-order valence-corrected chi connectivity index (χ2v) is 7.98. The van der Waals surface area contributed by atoms with Crippen molar-refractivity contribution in [3.63, 3.8) is 0 Å². The second-order valence-electron chi connectivity index (χ2n) is 6.21. The molecular weight excluding hydrogens is 300 g/mol. The Kier molecular flexibility index (Phi) is 7.03. The topological polar surface area (TPSA) is 75.3 Å². The van der Waals surface area contributed by atoms with E-state index in [-0.39, 0.29) is 16.7 Å². The van der Waals surface area contributed by atoms with Crippen LogP contribution in [0.15, 0.2) is 29.2 Å². The molecule has 0 aliphatic carbocycles. The third kappa shape index (κ3) is 6.15. The van der Waals surface area contributed by atoms with Gasteiger partial charge in [0.05, 0.1) is 4.90 Å². The van der Waals surface area contributed by atoms with Crippen LogP contribution in [0.25, 0.3) is 0 Å². The minimum atomic E-state index is -3.51. The maximum absolute atomic E-state index is 12.1. The first-order valence-corrected chi connectivity index (χ1v) is 9.08. The molecule has 0 bridgehead atoms. The molecule has 0 spiro atoms. The molecule has 0 radical (unpaired) electrons. The van der Waals surface area contributed by atoms with Crippen molar-refractivity contribution < 1.29 is 13.2 Å². The fraction of sp³-hybridized carbons (Fsp3) is 0.562. The van der Waals surface area contributed by atoms with Gasteiger partial charge in [-0.3, -0.25) is 4.79 Å². The van der Waals surface area contributed by atoms with Gasteiger partial charge in [-0.05, 0) is 42.5 Å². The molecule has 0 aromatic heterocycles. The molecule has 6 heteroatoms. The summed E-state index contributed by atoms with van der Waals surface area (Å²) in [7, 11) is -3.51. The number of carbonyl (C=O) groups is 1. The molecule has 1 aromatic rings. The molecule has 0 unspecified atom stereocenters. The van der Waals surface area contributed by atoms with E-state index < -0.39 is 10.0 Å². The normalized spacial score (nSPS) is 11.9. The third-order valence-corrected chi connectivity index (χ3v) is 4.56. The summed E-state index contributed by atoms with van der Waals surface area (Å²) in [6.07, 6.45) is 0.914. The lowest BCUT2D eigenvalue weighted by molar-refractivity contribution is 0.0952. The van der Waals surface area contributed by atoms with Crippen molar-refractivity contribution in [1.82, 2.24) is 10.0 Å². The first kappa shape index (κ1) is 18.6. The lowest BCUT2D eigenvalue weighted by Gasteiger charge is -2.10. The highest BCUT2D eigenvalue weighted by Crippen LogP contribution is 2.11. The van der Waals surface area contributed by atoms with Crippen LogP contribution >= 0.6 is 0 Å². The number of rotatable bonds is 8. The zero-order valence-corrected chi connectivity index (χ0v) is 14.5. The van der Waals surface area contributed by atoms with E-state index >= 15 is 0 Å². The van der Waals surface area contributed by atoms with E-state index in [1.807, 2.05) is 13.8 Å². The van der Waals surface area contributed by atoms with E-state index in [1.54, 1.807) is 0 Å². The smallest absolute Gasteiger partial charge is 0.251 e. The molecule has 0 saturated heterocycles. The predicted molar refractivity (Wildman–Crippen MR) is 88.3 cm³/mol. The summed E-state index contributed by atoms with van der Waals surface area (Å²) in [5, 5.41) is 2.82. The third-order valence-electron chi connectivity index (χ3n) is 3.12. The first-order valence-electron chi connectivity index (χ1n) is 7.60. The van der Waals surface area contributed by atoms with E-state index in [0.717, 1.165) is 6.42 Å². The second kappa shape index (κ2) is 8.29. The molecule has 0 aliphatic heterocycles. The zero-order chi connectivity index (χ0) is 16.8. The van der Waals surface area contributed by atoms with Gasteiger partial charge in [-0.25, -0.2) is 13.1 Å². The van der Waals surface area contributed by atoms with E-state index in [9.17, 15) is 13.2 Å². The molecule has 1 rings (SSSR count). The van der Waals surface area contributed by atoms with Gasteiger partial charge in [-0.1, -0.05) is 27.7 Å². The average Bonchev–Trinajstić information content (AvgIpc) is 2.45. The molecule has 0 heterocycles. The zero-order valence-electron chi connectivity index (χ0n) is 13.7. The quantitative estimate of drug-likeness (QED) is 0.770. The lowest BCUT2D eigenvalue weighted by atomic mass is 10.1. The van der Waals surface area contributed by atoms with Crippen LogP contribution in [0, 0.1) is 11.8 Å². The monoisotopic (exact) mass is 326 g/mol. The highest BCUT2D eigenvalue weighted by molar-refractivity contribution is 7.89. The van der Waals surface area contributed by atoms with Gasteiger partial charge in [-0.2, -0.15) is 0 Å². The Morgan fingerprint density at radius 2 is 1.64 bits per heavy atom.